The molecule has 34 heavy (non-hydrogen) atoms. The number of alkyl halides is 4. The van der Waals surface area contributed by atoms with Crippen molar-refractivity contribution in [1.82, 2.24) is 25.3 Å². The Hall–Kier alpha value is -3.36. The van der Waals surface area contributed by atoms with Crippen LogP contribution < -0.4 is 15.4 Å². The number of halogens is 4. The molecule has 186 valence electrons. The largest absolute Gasteiger partial charge is 0.467 e. The first-order chi connectivity index (χ1) is 15.9. The second kappa shape index (κ2) is 8.77. The Morgan fingerprint density at radius 1 is 1.35 bits per heavy atom. The van der Waals surface area contributed by atoms with Crippen LogP contribution in [0.2, 0.25) is 0 Å². The summed E-state index contributed by atoms with van der Waals surface area (Å²) < 4.78 is 67.8. The third kappa shape index (κ3) is 5.58. The lowest BCUT2D eigenvalue weighted by Crippen LogP contribution is -2.39. The van der Waals surface area contributed by atoms with Gasteiger partial charge < -0.3 is 24.8 Å². The Bertz CT molecular complexity index is 1070. The fourth-order valence-electron chi connectivity index (χ4n) is 3.27. The minimum absolute atomic E-state index is 0.0125. The number of hydrogen-bond acceptors (Lipinski definition) is 7. The first-order valence-electron chi connectivity index (χ1n) is 10.3. The van der Waals surface area contributed by atoms with E-state index in [1.165, 1.54) is 13.1 Å². The SMILES string of the molecule is Cn1nc(OCC(F)(F)F)cc1C(=O)Nc1cc([C@H]2OC[C@@H](OC(=O)NC3(C)CC3)[C@H]2F)[nH]n1. The molecule has 2 aliphatic rings. The van der Waals surface area contributed by atoms with Crippen LogP contribution in [0.1, 0.15) is 42.1 Å². The van der Waals surface area contributed by atoms with E-state index in [0.29, 0.717) is 0 Å². The summed E-state index contributed by atoms with van der Waals surface area (Å²) in [4.78, 5) is 24.4. The minimum Gasteiger partial charge on any atom is -0.467 e. The van der Waals surface area contributed by atoms with Crippen LogP contribution in [0, 0.1) is 0 Å². The smallest absolute Gasteiger partial charge is 0.422 e. The standard InChI is InChI=1S/C19H22F4N6O5/c1-18(3-4-18)25-17(31)34-11-7-32-15(14(11)20)9-5-12(27-26-9)24-16(30)10-6-13(28-29(10)2)33-8-19(21,22)23/h5-6,11,14-15H,3-4,7-8H2,1-2H3,(H,25,31)(H2,24,26,27,30)/t11-,14-,15-/m1/s1. The monoisotopic (exact) mass is 490 g/mol. The molecule has 2 aromatic heterocycles. The van der Waals surface area contributed by atoms with E-state index in [0.717, 1.165) is 23.6 Å². The Morgan fingerprint density at radius 3 is 2.76 bits per heavy atom. The van der Waals surface area contributed by atoms with Gasteiger partial charge in [0.2, 0.25) is 5.88 Å². The van der Waals surface area contributed by atoms with E-state index in [4.69, 9.17) is 9.47 Å². The molecule has 0 spiro atoms. The molecule has 4 rings (SSSR count). The van der Waals surface area contributed by atoms with Crippen LogP contribution >= 0.6 is 0 Å². The van der Waals surface area contributed by atoms with Gasteiger partial charge in [0.15, 0.2) is 24.7 Å². The number of aryl methyl sites for hydroxylation is 1. The number of rotatable bonds is 7. The maximum Gasteiger partial charge on any atom is 0.422 e. The molecule has 2 aromatic rings. The first kappa shape index (κ1) is 23.8. The van der Waals surface area contributed by atoms with E-state index in [1.807, 2.05) is 6.92 Å². The van der Waals surface area contributed by atoms with Crippen LogP contribution in [0.15, 0.2) is 12.1 Å². The summed E-state index contributed by atoms with van der Waals surface area (Å²) in [7, 11) is 1.35. The highest BCUT2D eigenvalue weighted by Crippen LogP contribution is 2.36. The Labute approximate surface area is 190 Å². The number of carbonyl (C=O) groups is 2. The van der Waals surface area contributed by atoms with Gasteiger partial charge in [-0.05, 0) is 19.8 Å². The fourth-order valence-corrected chi connectivity index (χ4v) is 3.27. The van der Waals surface area contributed by atoms with Crippen molar-refractivity contribution in [3.63, 3.8) is 0 Å². The quantitative estimate of drug-likeness (QED) is 0.508. The van der Waals surface area contributed by atoms with Crippen molar-refractivity contribution in [2.24, 2.45) is 7.05 Å². The molecule has 0 bridgehead atoms. The average Bonchev–Trinajstić information content (AvgIpc) is 3.08. The fraction of sp³-hybridized carbons (Fsp3) is 0.579. The van der Waals surface area contributed by atoms with E-state index in [1.54, 1.807) is 0 Å². The summed E-state index contributed by atoms with van der Waals surface area (Å²) in [5, 5.41) is 15.2. The predicted octanol–water partition coefficient (Wildman–Crippen LogP) is 2.39. The maximum atomic E-state index is 14.8. The highest BCUT2D eigenvalue weighted by Gasteiger charge is 2.44. The van der Waals surface area contributed by atoms with Crippen LogP contribution in [-0.2, 0) is 16.5 Å². The first-order valence-corrected chi connectivity index (χ1v) is 10.3. The van der Waals surface area contributed by atoms with Gasteiger partial charge in [0, 0.05) is 24.7 Å². The summed E-state index contributed by atoms with van der Waals surface area (Å²) >= 11 is 0. The molecule has 3 heterocycles. The number of anilines is 1. The van der Waals surface area contributed by atoms with Crippen molar-refractivity contribution in [1.29, 1.82) is 0 Å². The third-order valence-electron chi connectivity index (χ3n) is 5.37. The Balaban J connectivity index is 1.33. The van der Waals surface area contributed by atoms with E-state index >= 15 is 0 Å². The number of hydrogen-bond donors (Lipinski definition) is 3. The predicted molar refractivity (Wildman–Crippen MR) is 106 cm³/mol. The zero-order valence-corrected chi connectivity index (χ0v) is 18.1. The van der Waals surface area contributed by atoms with Crippen LogP contribution in [0.3, 0.4) is 0 Å². The summed E-state index contributed by atoms with van der Waals surface area (Å²) in [6.45, 7) is 0.148. The van der Waals surface area contributed by atoms with Gasteiger partial charge in [0.1, 0.15) is 11.8 Å². The van der Waals surface area contributed by atoms with Crippen LogP contribution in [0.5, 0.6) is 5.88 Å². The number of carbonyl (C=O) groups excluding carboxylic acids is 2. The molecule has 3 atom stereocenters. The van der Waals surface area contributed by atoms with E-state index < -0.39 is 43.2 Å². The summed E-state index contributed by atoms with van der Waals surface area (Å²) in [6.07, 6.45) is -7.51. The van der Waals surface area contributed by atoms with Crippen molar-refractivity contribution in [2.45, 2.75) is 49.9 Å². The number of aromatic amines is 1. The van der Waals surface area contributed by atoms with Gasteiger partial charge in [-0.2, -0.15) is 18.3 Å². The molecule has 1 saturated heterocycles. The molecule has 2 fully saturated rings. The van der Waals surface area contributed by atoms with Crippen LogP contribution in [0.4, 0.5) is 28.2 Å². The lowest BCUT2D eigenvalue weighted by Gasteiger charge is -2.17. The molecular formula is C19H22F4N6O5. The normalized spacial score (nSPS) is 23.4. The number of amides is 2. The molecular weight excluding hydrogens is 468 g/mol. The Morgan fingerprint density at radius 2 is 2.09 bits per heavy atom. The molecule has 1 saturated carbocycles. The minimum atomic E-state index is -4.55. The highest BCUT2D eigenvalue weighted by molar-refractivity contribution is 6.02. The molecule has 15 heteroatoms. The van der Waals surface area contributed by atoms with Gasteiger partial charge in [0.25, 0.3) is 5.91 Å². The Kier molecular flexibility index (Phi) is 6.14. The lowest BCUT2D eigenvalue weighted by atomic mass is 10.1. The summed E-state index contributed by atoms with van der Waals surface area (Å²) in [5.41, 5.74) is -0.203. The second-order valence-electron chi connectivity index (χ2n) is 8.39. The number of H-pyrrole nitrogens is 1. The van der Waals surface area contributed by atoms with Gasteiger partial charge in [-0.15, -0.1) is 5.10 Å². The molecule has 11 nitrogen and oxygen atoms in total. The van der Waals surface area contributed by atoms with Gasteiger partial charge >= 0.3 is 12.3 Å². The zero-order valence-electron chi connectivity index (χ0n) is 18.1. The number of alkyl carbamates (subject to hydrolysis) is 1. The molecule has 0 radical (unpaired) electrons. The van der Waals surface area contributed by atoms with E-state index in [-0.39, 0.29) is 35.2 Å². The van der Waals surface area contributed by atoms with Crippen molar-refractivity contribution >= 4 is 17.8 Å². The van der Waals surface area contributed by atoms with Gasteiger partial charge in [-0.3, -0.25) is 14.6 Å². The maximum absolute atomic E-state index is 14.8. The molecule has 2 amide bonds. The molecule has 1 aliphatic heterocycles. The number of nitrogens with zero attached hydrogens (tertiary/aromatic N) is 3. The lowest BCUT2D eigenvalue weighted by molar-refractivity contribution is -0.154. The number of ether oxygens (including phenoxy) is 3. The van der Waals surface area contributed by atoms with Crippen molar-refractivity contribution in [3.05, 3.63) is 23.5 Å². The summed E-state index contributed by atoms with van der Waals surface area (Å²) in [5.74, 6) is -1.10. The second-order valence-corrected chi connectivity index (χ2v) is 8.39. The van der Waals surface area contributed by atoms with Gasteiger partial charge in [-0.1, -0.05) is 0 Å². The topological polar surface area (TPSA) is 132 Å². The number of nitrogens with one attached hydrogen (secondary N) is 3. The van der Waals surface area contributed by atoms with Crippen LogP contribution in [-0.4, -0.2) is 69.2 Å². The third-order valence-corrected chi connectivity index (χ3v) is 5.37. The van der Waals surface area contributed by atoms with Gasteiger partial charge in [-0.25, -0.2) is 9.18 Å². The average molecular weight is 490 g/mol. The molecule has 3 N–H and O–H groups in total. The van der Waals surface area contributed by atoms with E-state index in [2.05, 4.69) is 30.7 Å². The van der Waals surface area contributed by atoms with Crippen molar-refractivity contribution in [3.8, 4) is 5.88 Å². The van der Waals surface area contributed by atoms with E-state index in [9.17, 15) is 27.2 Å². The summed E-state index contributed by atoms with van der Waals surface area (Å²) in [6, 6.07) is 2.38. The zero-order chi connectivity index (χ0) is 24.7. The molecule has 0 unspecified atom stereocenters. The number of aromatic nitrogens is 4. The van der Waals surface area contributed by atoms with Crippen molar-refractivity contribution < 1.29 is 41.4 Å². The van der Waals surface area contributed by atoms with Crippen LogP contribution in [0.25, 0.3) is 0 Å². The molecule has 0 aromatic carbocycles. The highest BCUT2D eigenvalue weighted by atomic mass is 19.4. The van der Waals surface area contributed by atoms with Crippen molar-refractivity contribution in [2.75, 3.05) is 18.5 Å². The molecule has 1 aliphatic carbocycles. The van der Waals surface area contributed by atoms with Gasteiger partial charge in [0.05, 0.1) is 12.3 Å².